The van der Waals surface area contributed by atoms with Crippen LogP contribution in [0.1, 0.15) is 27.2 Å². The first-order valence-corrected chi connectivity index (χ1v) is 4.05. The van der Waals surface area contributed by atoms with Crippen molar-refractivity contribution in [2.45, 2.75) is 27.2 Å². The Labute approximate surface area is 68.7 Å². The van der Waals surface area contributed by atoms with E-state index in [1.54, 1.807) is 7.05 Å². The first-order chi connectivity index (χ1) is 5.13. The molecular weight excluding hydrogens is 138 g/mol. The second-order valence-electron chi connectivity index (χ2n) is 2.80. The molecule has 0 rings (SSSR count). The van der Waals surface area contributed by atoms with Crippen LogP contribution in [-0.4, -0.2) is 13.0 Å². The van der Waals surface area contributed by atoms with Crippen LogP contribution in [0.2, 0.25) is 0 Å². The van der Waals surface area contributed by atoms with E-state index in [0.717, 1.165) is 12.0 Å². The molecule has 11 heavy (non-hydrogen) atoms. The van der Waals surface area contributed by atoms with Gasteiger partial charge in [0.15, 0.2) is 0 Å². The van der Waals surface area contributed by atoms with Crippen LogP contribution < -0.4 is 5.32 Å². The second kappa shape index (κ2) is 4.94. The number of allylic oxidation sites excluding steroid dienone is 1. The van der Waals surface area contributed by atoms with Crippen LogP contribution in [0, 0.1) is 5.92 Å². The van der Waals surface area contributed by atoms with Crippen molar-refractivity contribution >= 4 is 5.91 Å². The molecule has 2 nitrogen and oxygen atoms in total. The summed E-state index contributed by atoms with van der Waals surface area (Å²) in [6, 6.07) is 0. The van der Waals surface area contributed by atoms with Gasteiger partial charge in [-0.25, -0.2) is 0 Å². The molecule has 0 aromatic rings. The van der Waals surface area contributed by atoms with Crippen LogP contribution in [0.25, 0.3) is 0 Å². The molecule has 0 aromatic carbocycles. The molecule has 0 saturated heterocycles. The zero-order chi connectivity index (χ0) is 8.85. The molecule has 1 amide bonds. The summed E-state index contributed by atoms with van der Waals surface area (Å²) < 4.78 is 0. The van der Waals surface area contributed by atoms with Crippen molar-refractivity contribution in [1.82, 2.24) is 5.32 Å². The van der Waals surface area contributed by atoms with E-state index >= 15 is 0 Å². The molecule has 0 bridgehead atoms. The Morgan fingerprint density at radius 1 is 1.55 bits per heavy atom. The molecule has 0 saturated carbocycles. The lowest BCUT2D eigenvalue weighted by atomic mass is 10.0. The summed E-state index contributed by atoms with van der Waals surface area (Å²) in [5, 5.41) is 2.62. The average Bonchev–Trinajstić information content (AvgIpc) is 1.98. The number of nitrogens with one attached hydrogen (secondary N) is 1. The van der Waals surface area contributed by atoms with Gasteiger partial charge in [0, 0.05) is 12.6 Å². The molecular formula is C9H17NO. The van der Waals surface area contributed by atoms with Gasteiger partial charge < -0.3 is 5.32 Å². The van der Waals surface area contributed by atoms with Crippen LogP contribution in [0.4, 0.5) is 0 Å². The van der Waals surface area contributed by atoms with Gasteiger partial charge in [-0.3, -0.25) is 4.79 Å². The van der Waals surface area contributed by atoms with Crippen molar-refractivity contribution in [3.63, 3.8) is 0 Å². The highest BCUT2D eigenvalue weighted by molar-refractivity contribution is 5.93. The third-order valence-electron chi connectivity index (χ3n) is 1.54. The SMILES string of the molecule is CC/C=C(\C(=O)NC)C(C)C. The fourth-order valence-corrected chi connectivity index (χ4v) is 0.955. The van der Waals surface area contributed by atoms with Gasteiger partial charge >= 0.3 is 0 Å². The lowest BCUT2D eigenvalue weighted by molar-refractivity contribution is -0.117. The third-order valence-corrected chi connectivity index (χ3v) is 1.54. The van der Waals surface area contributed by atoms with Crippen LogP contribution in [0.5, 0.6) is 0 Å². The van der Waals surface area contributed by atoms with E-state index in [9.17, 15) is 4.79 Å². The summed E-state index contributed by atoms with van der Waals surface area (Å²) in [5.41, 5.74) is 0.884. The number of rotatable bonds is 3. The second-order valence-corrected chi connectivity index (χ2v) is 2.80. The van der Waals surface area contributed by atoms with Gasteiger partial charge in [-0.1, -0.05) is 26.8 Å². The Kier molecular flexibility index (Phi) is 4.59. The van der Waals surface area contributed by atoms with Crippen molar-refractivity contribution in [3.8, 4) is 0 Å². The predicted molar refractivity (Wildman–Crippen MR) is 47.3 cm³/mol. The number of hydrogen-bond acceptors (Lipinski definition) is 1. The maximum Gasteiger partial charge on any atom is 0.246 e. The smallest absolute Gasteiger partial charge is 0.246 e. The molecule has 0 aliphatic heterocycles. The van der Waals surface area contributed by atoms with Gasteiger partial charge in [-0.05, 0) is 12.3 Å². The van der Waals surface area contributed by atoms with Gasteiger partial charge in [0.05, 0.1) is 0 Å². The molecule has 64 valence electrons. The topological polar surface area (TPSA) is 29.1 Å². The largest absolute Gasteiger partial charge is 0.355 e. The highest BCUT2D eigenvalue weighted by atomic mass is 16.1. The average molecular weight is 155 g/mol. The van der Waals surface area contributed by atoms with Crippen molar-refractivity contribution in [1.29, 1.82) is 0 Å². The van der Waals surface area contributed by atoms with Gasteiger partial charge in [0.25, 0.3) is 0 Å². The number of amides is 1. The lowest BCUT2D eigenvalue weighted by Gasteiger charge is -2.08. The van der Waals surface area contributed by atoms with Crippen molar-refractivity contribution in [3.05, 3.63) is 11.6 Å². The van der Waals surface area contributed by atoms with Crippen LogP contribution in [0.3, 0.4) is 0 Å². The highest BCUT2D eigenvalue weighted by Crippen LogP contribution is 2.09. The number of likely N-dealkylation sites (N-methyl/N-ethyl adjacent to an activating group) is 1. The van der Waals surface area contributed by atoms with E-state index < -0.39 is 0 Å². The minimum Gasteiger partial charge on any atom is -0.355 e. The summed E-state index contributed by atoms with van der Waals surface area (Å²) in [7, 11) is 1.66. The zero-order valence-corrected chi connectivity index (χ0v) is 7.77. The molecule has 0 heterocycles. The zero-order valence-electron chi connectivity index (χ0n) is 7.77. The van der Waals surface area contributed by atoms with Gasteiger partial charge in [0.2, 0.25) is 5.91 Å². The predicted octanol–water partition coefficient (Wildman–Crippen LogP) is 1.72. The Bertz CT molecular complexity index is 159. The van der Waals surface area contributed by atoms with Crippen molar-refractivity contribution in [2.75, 3.05) is 7.05 Å². The lowest BCUT2D eigenvalue weighted by Crippen LogP contribution is -2.22. The first kappa shape index (κ1) is 10.2. The molecule has 0 unspecified atom stereocenters. The molecule has 0 fully saturated rings. The van der Waals surface area contributed by atoms with Crippen molar-refractivity contribution in [2.24, 2.45) is 5.92 Å². The molecule has 0 spiro atoms. The van der Waals surface area contributed by atoms with E-state index in [4.69, 9.17) is 0 Å². The maximum atomic E-state index is 11.2. The Morgan fingerprint density at radius 2 is 2.09 bits per heavy atom. The molecule has 1 N–H and O–H groups in total. The fraction of sp³-hybridized carbons (Fsp3) is 0.667. The summed E-state index contributed by atoms with van der Waals surface area (Å²) >= 11 is 0. The highest BCUT2D eigenvalue weighted by Gasteiger charge is 2.09. The van der Waals surface area contributed by atoms with Gasteiger partial charge in [0.1, 0.15) is 0 Å². The van der Waals surface area contributed by atoms with E-state index in [1.807, 2.05) is 26.8 Å². The molecule has 0 radical (unpaired) electrons. The summed E-state index contributed by atoms with van der Waals surface area (Å²) in [6.07, 6.45) is 2.89. The van der Waals surface area contributed by atoms with Crippen LogP contribution in [-0.2, 0) is 4.79 Å². The minimum atomic E-state index is 0.0434. The molecule has 0 aliphatic carbocycles. The Morgan fingerprint density at radius 3 is 2.36 bits per heavy atom. The number of carbonyl (C=O) groups excluding carboxylic acids is 1. The Hall–Kier alpha value is -0.790. The molecule has 0 aromatic heterocycles. The third kappa shape index (κ3) is 3.21. The van der Waals surface area contributed by atoms with Crippen molar-refractivity contribution < 1.29 is 4.79 Å². The Balaban J connectivity index is 4.34. The quantitative estimate of drug-likeness (QED) is 0.618. The van der Waals surface area contributed by atoms with E-state index in [2.05, 4.69) is 5.32 Å². The first-order valence-electron chi connectivity index (χ1n) is 4.05. The fourth-order valence-electron chi connectivity index (χ4n) is 0.955. The summed E-state index contributed by atoms with van der Waals surface area (Å²) in [4.78, 5) is 11.2. The number of hydrogen-bond donors (Lipinski definition) is 1. The standard InChI is InChI=1S/C9H17NO/c1-5-6-8(7(2)3)9(11)10-4/h6-7H,5H2,1-4H3,(H,10,11)/b8-6-. The normalized spacial score (nSPS) is 11.9. The minimum absolute atomic E-state index is 0.0434. The van der Waals surface area contributed by atoms with Crippen LogP contribution >= 0.6 is 0 Å². The molecule has 0 aliphatic rings. The number of carbonyl (C=O) groups is 1. The molecule has 0 atom stereocenters. The van der Waals surface area contributed by atoms with Crippen LogP contribution in [0.15, 0.2) is 11.6 Å². The summed E-state index contributed by atoms with van der Waals surface area (Å²) in [6.45, 7) is 6.08. The van der Waals surface area contributed by atoms with E-state index in [-0.39, 0.29) is 5.91 Å². The molecule has 2 heteroatoms. The summed E-state index contributed by atoms with van der Waals surface area (Å²) in [5.74, 6) is 0.358. The van der Waals surface area contributed by atoms with E-state index in [1.165, 1.54) is 0 Å². The maximum absolute atomic E-state index is 11.2. The van der Waals surface area contributed by atoms with Gasteiger partial charge in [-0.2, -0.15) is 0 Å². The monoisotopic (exact) mass is 155 g/mol. The van der Waals surface area contributed by atoms with E-state index in [0.29, 0.717) is 5.92 Å². The van der Waals surface area contributed by atoms with Gasteiger partial charge in [-0.15, -0.1) is 0 Å².